The van der Waals surface area contributed by atoms with Crippen LogP contribution in [-0.2, 0) is 11.8 Å². The number of likely N-dealkylation sites (tertiary alicyclic amines) is 1. The summed E-state index contributed by atoms with van der Waals surface area (Å²) in [7, 11) is 2.33. The smallest absolute Gasteiger partial charge is 0.0170 e. The Morgan fingerprint density at radius 1 is 1.32 bits per heavy atom. The lowest BCUT2D eigenvalue weighted by atomic mass is 9.52. The maximum absolute atomic E-state index is 4.33. The van der Waals surface area contributed by atoms with E-state index in [4.69, 9.17) is 0 Å². The second-order valence-electron chi connectivity index (χ2n) is 6.89. The molecule has 2 aliphatic carbocycles. The fourth-order valence-electron chi connectivity index (χ4n) is 5.12. The van der Waals surface area contributed by atoms with E-state index in [-0.39, 0.29) is 0 Å². The van der Waals surface area contributed by atoms with E-state index in [1.807, 2.05) is 0 Å². The Bertz CT molecular complexity index is 532. The number of likely N-dealkylation sites (N-methyl/N-ethyl adjacent to an activating group) is 1. The number of rotatable bonds is 0. The number of hydrogen-bond acceptors (Lipinski definition) is 1. The molecule has 1 aromatic rings. The molecule has 0 aromatic heterocycles. The van der Waals surface area contributed by atoms with Crippen LogP contribution in [0.15, 0.2) is 36.4 Å². The minimum atomic E-state index is 0.418. The monoisotopic (exact) mass is 253 g/mol. The number of nitrogens with zero attached hydrogens (tertiary/aromatic N) is 1. The van der Waals surface area contributed by atoms with E-state index in [1.54, 1.807) is 11.1 Å². The van der Waals surface area contributed by atoms with E-state index in [1.165, 1.54) is 44.2 Å². The summed E-state index contributed by atoms with van der Waals surface area (Å²) >= 11 is 0. The van der Waals surface area contributed by atoms with Crippen LogP contribution >= 0.6 is 0 Å². The zero-order chi connectivity index (χ0) is 13.0. The third-order valence-electron chi connectivity index (χ3n) is 6.01. The summed E-state index contributed by atoms with van der Waals surface area (Å²) in [5.74, 6) is 0.853. The first-order chi connectivity index (χ1) is 9.21. The van der Waals surface area contributed by atoms with Gasteiger partial charge in [0.1, 0.15) is 0 Å². The van der Waals surface area contributed by atoms with Gasteiger partial charge in [-0.15, -0.1) is 0 Å². The van der Waals surface area contributed by atoms with Gasteiger partial charge in [-0.1, -0.05) is 36.4 Å². The van der Waals surface area contributed by atoms with Gasteiger partial charge >= 0.3 is 0 Å². The van der Waals surface area contributed by atoms with Crippen LogP contribution in [0.2, 0.25) is 0 Å². The molecule has 1 saturated heterocycles. The summed E-state index contributed by atoms with van der Waals surface area (Å²) in [5, 5.41) is 0. The lowest BCUT2D eigenvalue weighted by Crippen LogP contribution is -2.60. The van der Waals surface area contributed by atoms with Crippen LogP contribution in [0.5, 0.6) is 0 Å². The number of benzene rings is 1. The zero-order valence-electron chi connectivity index (χ0n) is 11.9. The van der Waals surface area contributed by atoms with Crippen LogP contribution in [0, 0.1) is 5.92 Å². The molecule has 0 amide bonds. The van der Waals surface area contributed by atoms with E-state index in [0.717, 1.165) is 12.0 Å². The highest BCUT2D eigenvalue weighted by Crippen LogP contribution is 2.56. The topological polar surface area (TPSA) is 3.24 Å². The van der Waals surface area contributed by atoms with E-state index < -0.39 is 0 Å². The van der Waals surface area contributed by atoms with Gasteiger partial charge in [-0.25, -0.2) is 0 Å². The van der Waals surface area contributed by atoms with Crippen molar-refractivity contribution in [2.24, 2.45) is 5.92 Å². The summed E-state index contributed by atoms with van der Waals surface area (Å²) in [6.45, 7) is 5.58. The molecule has 3 atom stereocenters. The number of hydrogen-bond donors (Lipinski definition) is 0. The second kappa shape index (κ2) is 3.96. The summed E-state index contributed by atoms with van der Waals surface area (Å²) in [6, 6.07) is 9.97. The van der Waals surface area contributed by atoms with Crippen molar-refractivity contribution >= 4 is 0 Å². The van der Waals surface area contributed by atoms with Crippen molar-refractivity contribution in [3.8, 4) is 0 Å². The third kappa shape index (κ3) is 1.51. The molecule has 1 aromatic carbocycles. The quantitative estimate of drug-likeness (QED) is 0.639. The van der Waals surface area contributed by atoms with Gasteiger partial charge < -0.3 is 4.90 Å². The third-order valence-corrected chi connectivity index (χ3v) is 6.01. The molecule has 1 saturated carbocycles. The standard InChI is InChI=1S/C18H23N/c1-13-7-8-16-17-11-14-5-3-4-6-15(14)18(16,12-13)9-10-19(17)2/h3-6,16-17H,1,7-12H2,2H3/t16?,17-,18-/m1/s1. The molecule has 19 heavy (non-hydrogen) atoms. The van der Waals surface area contributed by atoms with Crippen molar-refractivity contribution in [3.63, 3.8) is 0 Å². The van der Waals surface area contributed by atoms with E-state index in [9.17, 15) is 0 Å². The number of fused-ring (bicyclic) bond motifs is 1. The molecule has 1 nitrogen and oxygen atoms in total. The molecule has 4 rings (SSSR count). The zero-order valence-corrected chi connectivity index (χ0v) is 11.9. The van der Waals surface area contributed by atoms with Gasteiger partial charge in [0.25, 0.3) is 0 Å². The normalized spacial score (nSPS) is 37.6. The summed E-state index contributed by atoms with van der Waals surface area (Å²) in [5.41, 5.74) is 5.16. The highest BCUT2D eigenvalue weighted by molar-refractivity contribution is 5.42. The van der Waals surface area contributed by atoms with Crippen molar-refractivity contribution in [1.82, 2.24) is 4.90 Å². The lowest BCUT2D eigenvalue weighted by molar-refractivity contribution is 0.0151. The average Bonchev–Trinajstić information content (AvgIpc) is 2.42. The first-order valence-corrected chi connectivity index (χ1v) is 7.66. The first kappa shape index (κ1) is 11.7. The van der Waals surface area contributed by atoms with Crippen molar-refractivity contribution in [1.29, 1.82) is 0 Å². The lowest BCUT2D eigenvalue weighted by Gasteiger charge is -2.58. The molecule has 0 radical (unpaired) electrons. The van der Waals surface area contributed by atoms with Crippen LogP contribution in [0.1, 0.15) is 36.8 Å². The van der Waals surface area contributed by atoms with Crippen LogP contribution < -0.4 is 0 Å². The molecular formula is C18H23N. The Morgan fingerprint density at radius 3 is 3.05 bits per heavy atom. The maximum atomic E-state index is 4.33. The van der Waals surface area contributed by atoms with Crippen molar-refractivity contribution < 1.29 is 0 Å². The molecule has 1 heterocycles. The molecule has 1 aliphatic heterocycles. The predicted molar refractivity (Wildman–Crippen MR) is 79.3 cm³/mol. The fourth-order valence-corrected chi connectivity index (χ4v) is 5.12. The largest absolute Gasteiger partial charge is 0.303 e. The Hall–Kier alpha value is -1.08. The molecular weight excluding hydrogens is 230 g/mol. The summed E-state index contributed by atoms with van der Waals surface area (Å²) < 4.78 is 0. The molecule has 1 heteroatoms. The van der Waals surface area contributed by atoms with Crippen LogP contribution in [0.25, 0.3) is 0 Å². The molecule has 2 bridgehead atoms. The molecule has 0 spiro atoms. The van der Waals surface area contributed by atoms with E-state index >= 15 is 0 Å². The van der Waals surface area contributed by atoms with Crippen molar-refractivity contribution in [2.75, 3.05) is 13.6 Å². The SMILES string of the molecule is C=C1CCC2[C@H]3Cc4ccccc4[C@@]2(CCN3C)C1. The van der Waals surface area contributed by atoms with Crippen molar-refractivity contribution in [3.05, 3.63) is 47.5 Å². The van der Waals surface area contributed by atoms with Gasteiger partial charge in [-0.3, -0.25) is 0 Å². The van der Waals surface area contributed by atoms with Gasteiger partial charge in [0, 0.05) is 11.5 Å². The van der Waals surface area contributed by atoms with Gasteiger partial charge in [0.15, 0.2) is 0 Å². The van der Waals surface area contributed by atoms with Gasteiger partial charge in [0.05, 0.1) is 0 Å². The van der Waals surface area contributed by atoms with Gasteiger partial charge in [0.2, 0.25) is 0 Å². The van der Waals surface area contributed by atoms with E-state index in [2.05, 4.69) is 42.8 Å². The molecule has 100 valence electrons. The first-order valence-electron chi connectivity index (χ1n) is 7.66. The summed E-state index contributed by atoms with van der Waals surface area (Å²) in [4.78, 5) is 2.62. The highest BCUT2D eigenvalue weighted by Gasteiger charge is 2.53. The Balaban J connectivity index is 1.91. The van der Waals surface area contributed by atoms with Crippen LogP contribution in [0.3, 0.4) is 0 Å². The summed E-state index contributed by atoms with van der Waals surface area (Å²) in [6.07, 6.45) is 6.41. The minimum Gasteiger partial charge on any atom is -0.303 e. The Morgan fingerprint density at radius 2 is 2.16 bits per heavy atom. The minimum absolute atomic E-state index is 0.418. The van der Waals surface area contributed by atoms with Crippen molar-refractivity contribution in [2.45, 2.75) is 43.6 Å². The molecule has 3 aliphatic rings. The molecule has 2 fully saturated rings. The Kier molecular flexibility index (Phi) is 2.44. The van der Waals surface area contributed by atoms with Gasteiger partial charge in [-0.2, -0.15) is 0 Å². The maximum Gasteiger partial charge on any atom is 0.0170 e. The second-order valence-corrected chi connectivity index (χ2v) is 6.89. The van der Waals surface area contributed by atoms with Crippen LogP contribution in [0.4, 0.5) is 0 Å². The predicted octanol–water partition coefficient (Wildman–Crippen LogP) is 3.54. The van der Waals surface area contributed by atoms with E-state index in [0.29, 0.717) is 5.41 Å². The number of allylic oxidation sites excluding steroid dienone is 1. The van der Waals surface area contributed by atoms with Crippen LogP contribution in [-0.4, -0.2) is 24.5 Å². The molecule has 0 N–H and O–H groups in total. The molecule has 1 unspecified atom stereocenters. The fraction of sp³-hybridized carbons (Fsp3) is 0.556. The average molecular weight is 253 g/mol. The van der Waals surface area contributed by atoms with Gasteiger partial charge in [-0.05, 0) is 62.7 Å². The number of piperidine rings is 1. The Labute approximate surface area is 116 Å². The highest BCUT2D eigenvalue weighted by atomic mass is 15.1.